The Balaban J connectivity index is 1.89. The number of methoxy groups -OCH3 is 3. The van der Waals surface area contributed by atoms with Crippen LogP contribution in [0.15, 0.2) is 16.9 Å². The fourth-order valence-electron chi connectivity index (χ4n) is 3.69. The topological polar surface area (TPSA) is 62.6 Å². The number of benzene rings is 1. The molecule has 0 fully saturated rings. The van der Waals surface area contributed by atoms with Crippen LogP contribution in [0.25, 0.3) is 21.9 Å². The molecule has 3 aromatic rings. The smallest absolute Gasteiger partial charge is 0.262 e. The highest BCUT2D eigenvalue weighted by Crippen LogP contribution is 2.42. The lowest BCUT2D eigenvalue weighted by Crippen LogP contribution is -2.20. The van der Waals surface area contributed by atoms with Gasteiger partial charge in [0.05, 0.1) is 26.7 Å². The maximum atomic E-state index is 13.0. The minimum atomic E-state index is 0.0459. The average Bonchev–Trinajstić information content (AvgIpc) is 3.22. The number of hydrogen-bond acceptors (Lipinski definition) is 6. The summed E-state index contributed by atoms with van der Waals surface area (Å²) in [7, 11) is 4.78. The third-order valence-electron chi connectivity index (χ3n) is 5.25. The molecule has 0 atom stereocenters. The van der Waals surface area contributed by atoms with Crippen LogP contribution >= 0.6 is 11.3 Å². The third kappa shape index (κ3) is 2.69. The van der Waals surface area contributed by atoms with E-state index in [2.05, 4.69) is 0 Å². The Morgan fingerprint density at radius 2 is 1.86 bits per heavy atom. The molecular formula is C21H22N2O4S. The van der Waals surface area contributed by atoms with E-state index in [4.69, 9.17) is 19.2 Å². The first kappa shape index (κ1) is 18.6. The first-order chi connectivity index (χ1) is 13.5. The van der Waals surface area contributed by atoms with Crippen LogP contribution in [0, 0.1) is 13.8 Å². The quantitative estimate of drug-likeness (QED) is 0.664. The van der Waals surface area contributed by atoms with Crippen LogP contribution in [0.2, 0.25) is 0 Å². The molecule has 0 bridgehead atoms. The first-order valence-corrected chi connectivity index (χ1v) is 9.82. The first-order valence-electron chi connectivity index (χ1n) is 9.00. The minimum absolute atomic E-state index is 0.0459. The van der Waals surface area contributed by atoms with Gasteiger partial charge in [-0.25, -0.2) is 4.98 Å². The number of fused-ring (bicyclic) bond motifs is 2. The van der Waals surface area contributed by atoms with Crippen molar-refractivity contribution >= 4 is 33.2 Å². The molecular weight excluding hydrogens is 376 g/mol. The van der Waals surface area contributed by atoms with Gasteiger partial charge >= 0.3 is 0 Å². The van der Waals surface area contributed by atoms with Gasteiger partial charge in [0.1, 0.15) is 10.7 Å². The van der Waals surface area contributed by atoms with E-state index >= 15 is 0 Å². The Hall–Kier alpha value is -2.80. The van der Waals surface area contributed by atoms with E-state index in [0.717, 1.165) is 44.0 Å². The highest BCUT2D eigenvalue weighted by atomic mass is 32.1. The molecule has 0 N–H and O–H groups in total. The van der Waals surface area contributed by atoms with Crippen LogP contribution in [0.5, 0.6) is 17.2 Å². The van der Waals surface area contributed by atoms with Gasteiger partial charge in [-0.3, -0.25) is 9.36 Å². The lowest BCUT2D eigenvalue weighted by atomic mass is 10.1. The molecule has 3 heterocycles. The van der Waals surface area contributed by atoms with Crippen molar-refractivity contribution in [2.24, 2.45) is 0 Å². The number of aromatic nitrogens is 2. The van der Waals surface area contributed by atoms with Crippen molar-refractivity contribution in [1.29, 1.82) is 0 Å². The number of rotatable bonds is 4. The number of hydrogen-bond donors (Lipinski definition) is 0. The van der Waals surface area contributed by atoms with Gasteiger partial charge in [-0.05, 0) is 49.6 Å². The van der Waals surface area contributed by atoms with E-state index < -0.39 is 0 Å². The predicted molar refractivity (Wildman–Crippen MR) is 112 cm³/mol. The maximum absolute atomic E-state index is 13.0. The van der Waals surface area contributed by atoms with Crippen LogP contribution in [0.3, 0.4) is 0 Å². The molecule has 1 aromatic carbocycles. The van der Waals surface area contributed by atoms with Crippen molar-refractivity contribution in [1.82, 2.24) is 9.55 Å². The largest absolute Gasteiger partial charge is 0.493 e. The molecule has 146 valence electrons. The van der Waals surface area contributed by atoms with Crippen molar-refractivity contribution in [3.05, 3.63) is 44.3 Å². The summed E-state index contributed by atoms with van der Waals surface area (Å²) in [5.74, 6) is 2.48. The Labute approximate surface area is 167 Å². The maximum Gasteiger partial charge on any atom is 0.262 e. The Bertz CT molecular complexity index is 1170. The molecule has 6 nitrogen and oxygen atoms in total. The molecule has 28 heavy (non-hydrogen) atoms. The number of aryl methyl sites for hydroxylation is 2. The fraction of sp³-hybridized carbons (Fsp3) is 0.333. The van der Waals surface area contributed by atoms with E-state index in [1.54, 1.807) is 37.2 Å². The van der Waals surface area contributed by atoms with Crippen LogP contribution in [0.1, 0.15) is 28.2 Å². The second-order valence-electron chi connectivity index (χ2n) is 6.70. The van der Waals surface area contributed by atoms with Gasteiger partial charge in [-0.2, -0.15) is 0 Å². The van der Waals surface area contributed by atoms with E-state index in [9.17, 15) is 4.79 Å². The molecule has 0 spiro atoms. The zero-order valence-corrected chi connectivity index (χ0v) is 17.4. The van der Waals surface area contributed by atoms with E-state index in [0.29, 0.717) is 23.8 Å². The molecule has 0 saturated carbocycles. The zero-order chi connectivity index (χ0) is 20.0. The number of allylic oxidation sites excluding steroid dienone is 1. The summed E-state index contributed by atoms with van der Waals surface area (Å²) in [4.78, 5) is 19.8. The summed E-state index contributed by atoms with van der Waals surface area (Å²) in [5.41, 5.74) is 2.95. The average molecular weight is 398 g/mol. The molecule has 0 radical (unpaired) electrons. The van der Waals surface area contributed by atoms with Gasteiger partial charge < -0.3 is 14.2 Å². The van der Waals surface area contributed by atoms with Crippen LogP contribution < -0.4 is 19.8 Å². The summed E-state index contributed by atoms with van der Waals surface area (Å²) in [5, 5.41) is 0.746. The lowest BCUT2D eigenvalue weighted by molar-refractivity contribution is 0.324. The number of ether oxygens (including phenoxy) is 3. The standard InChI is InChI=1S/C21H22N2O4S/c1-11-12(2)28-20-16(11)21(24)23-9-8-14(19(23)22-20)10-13-6-7-15(25-3)18(27-5)17(13)26-4/h6-7,10H,8-9H2,1-5H3/b14-10+. The monoisotopic (exact) mass is 398 g/mol. The normalized spacial score (nSPS) is 14.5. The molecule has 0 saturated heterocycles. The summed E-state index contributed by atoms with van der Waals surface area (Å²) >= 11 is 1.57. The Kier molecular flexibility index (Phi) is 4.63. The van der Waals surface area contributed by atoms with E-state index in [-0.39, 0.29) is 5.56 Å². The number of thiophene rings is 1. The van der Waals surface area contributed by atoms with Crippen LogP contribution in [-0.2, 0) is 6.54 Å². The van der Waals surface area contributed by atoms with Crippen molar-refractivity contribution in [2.75, 3.05) is 21.3 Å². The highest BCUT2D eigenvalue weighted by molar-refractivity contribution is 7.18. The third-order valence-corrected chi connectivity index (χ3v) is 6.35. The summed E-state index contributed by atoms with van der Waals surface area (Å²) in [6.07, 6.45) is 2.76. The lowest BCUT2D eigenvalue weighted by Gasteiger charge is -2.14. The summed E-state index contributed by atoms with van der Waals surface area (Å²) in [6, 6.07) is 3.77. The van der Waals surface area contributed by atoms with E-state index in [1.807, 2.05) is 32.1 Å². The van der Waals surface area contributed by atoms with Gasteiger partial charge in [0, 0.05) is 17.0 Å². The molecule has 1 aliphatic rings. The SMILES string of the molecule is COc1ccc(/C=C2\CCn3c2nc2sc(C)c(C)c2c3=O)c(OC)c1OC. The van der Waals surface area contributed by atoms with Crippen molar-refractivity contribution in [3.8, 4) is 17.2 Å². The second kappa shape index (κ2) is 6.98. The zero-order valence-electron chi connectivity index (χ0n) is 16.6. The molecule has 0 aliphatic carbocycles. The Morgan fingerprint density at radius 1 is 1.11 bits per heavy atom. The minimum Gasteiger partial charge on any atom is -0.493 e. The van der Waals surface area contributed by atoms with Gasteiger partial charge in [0.2, 0.25) is 5.75 Å². The highest BCUT2D eigenvalue weighted by Gasteiger charge is 2.24. The fourth-order valence-corrected chi connectivity index (χ4v) is 4.71. The molecule has 4 rings (SSSR count). The van der Waals surface area contributed by atoms with Crippen molar-refractivity contribution < 1.29 is 14.2 Å². The summed E-state index contributed by atoms with van der Waals surface area (Å²) < 4.78 is 18.2. The number of nitrogens with zero attached hydrogens (tertiary/aromatic N) is 2. The van der Waals surface area contributed by atoms with Gasteiger partial charge in [-0.15, -0.1) is 11.3 Å². The predicted octanol–water partition coefficient (Wildman–Crippen LogP) is 4.04. The molecule has 7 heteroatoms. The molecule has 2 aromatic heterocycles. The molecule has 1 aliphatic heterocycles. The Morgan fingerprint density at radius 3 is 2.54 bits per heavy atom. The second-order valence-corrected chi connectivity index (χ2v) is 7.90. The van der Waals surface area contributed by atoms with E-state index in [1.165, 1.54) is 0 Å². The van der Waals surface area contributed by atoms with Crippen molar-refractivity contribution in [3.63, 3.8) is 0 Å². The molecule has 0 amide bonds. The van der Waals surface area contributed by atoms with Crippen LogP contribution in [-0.4, -0.2) is 30.9 Å². The molecule has 0 unspecified atom stereocenters. The summed E-state index contributed by atoms with van der Waals surface area (Å²) in [6.45, 7) is 4.65. The van der Waals surface area contributed by atoms with Gasteiger partial charge in [0.25, 0.3) is 5.56 Å². The van der Waals surface area contributed by atoms with Crippen LogP contribution in [0.4, 0.5) is 0 Å². The van der Waals surface area contributed by atoms with Gasteiger partial charge in [0.15, 0.2) is 11.5 Å². The van der Waals surface area contributed by atoms with Crippen molar-refractivity contribution in [2.45, 2.75) is 26.8 Å². The van der Waals surface area contributed by atoms with Gasteiger partial charge in [-0.1, -0.05) is 0 Å².